The van der Waals surface area contributed by atoms with Gasteiger partial charge in [-0.1, -0.05) is 0 Å². The fraction of sp³-hybridized carbons (Fsp3) is 0.125. The van der Waals surface area contributed by atoms with Crippen molar-refractivity contribution in [2.75, 3.05) is 6.67 Å². The van der Waals surface area contributed by atoms with Gasteiger partial charge in [-0.2, -0.15) is 0 Å². The Morgan fingerprint density at radius 3 is 2.83 bits per heavy atom. The molecule has 0 unspecified atom stereocenters. The van der Waals surface area contributed by atoms with Crippen LogP contribution in [0.4, 0.5) is 0 Å². The number of carbonyl (C=O) groups is 1. The summed E-state index contributed by atoms with van der Waals surface area (Å²) in [5.41, 5.74) is 0.259. The molecule has 0 aromatic heterocycles. The van der Waals surface area contributed by atoms with E-state index in [9.17, 15) is 4.79 Å². The molecule has 1 heterocycles. The van der Waals surface area contributed by atoms with Gasteiger partial charge in [-0.05, 0) is 18.2 Å². The first-order valence-electron chi connectivity index (χ1n) is 3.50. The van der Waals surface area contributed by atoms with Gasteiger partial charge in [0.05, 0.1) is 16.3 Å². The lowest BCUT2D eigenvalue weighted by Crippen LogP contribution is -2.22. The Morgan fingerprint density at radius 1 is 1.33 bits per heavy atom. The van der Waals surface area contributed by atoms with Gasteiger partial charge in [0, 0.05) is 0 Å². The lowest BCUT2D eigenvalue weighted by atomic mass is 10.2. The van der Waals surface area contributed by atoms with E-state index in [1.54, 1.807) is 6.07 Å². The number of carboxylic acids is 1. The van der Waals surface area contributed by atoms with Crippen LogP contribution in [0.5, 0.6) is 0 Å². The normalized spacial score (nSPS) is 13.0. The third-order valence-electron chi connectivity index (χ3n) is 1.70. The van der Waals surface area contributed by atoms with Gasteiger partial charge in [-0.3, -0.25) is 9.98 Å². The number of hydrogen-bond donors (Lipinski definition) is 1. The minimum atomic E-state index is -0.931. The molecule has 2 rings (SSSR count). The maximum atomic E-state index is 10.5. The molecular formula is C8H6N2O2. The molecule has 12 heavy (non-hydrogen) atoms. The zero-order chi connectivity index (χ0) is 8.55. The Kier molecular flexibility index (Phi) is 1.40. The Hall–Kier alpha value is -1.71. The van der Waals surface area contributed by atoms with Gasteiger partial charge >= 0.3 is 5.97 Å². The lowest BCUT2D eigenvalue weighted by molar-refractivity contribution is 0.0696. The van der Waals surface area contributed by atoms with Crippen LogP contribution in [0.1, 0.15) is 10.4 Å². The first-order chi connectivity index (χ1) is 5.77. The van der Waals surface area contributed by atoms with Crippen molar-refractivity contribution >= 4 is 5.97 Å². The largest absolute Gasteiger partial charge is 0.478 e. The molecule has 0 spiro atoms. The van der Waals surface area contributed by atoms with Crippen molar-refractivity contribution in [3.05, 3.63) is 34.5 Å². The van der Waals surface area contributed by atoms with E-state index >= 15 is 0 Å². The van der Waals surface area contributed by atoms with Crippen LogP contribution >= 0.6 is 0 Å². The minimum absolute atomic E-state index is 0.259. The summed E-state index contributed by atoms with van der Waals surface area (Å²) in [6.45, 7) is 0.415. The molecule has 1 aliphatic rings. The summed E-state index contributed by atoms with van der Waals surface area (Å²) in [4.78, 5) is 18.6. The van der Waals surface area contributed by atoms with Gasteiger partial charge in [0.1, 0.15) is 6.67 Å². The zero-order valence-corrected chi connectivity index (χ0v) is 6.19. The number of hydrogen-bond acceptors (Lipinski definition) is 3. The highest BCUT2D eigenvalue weighted by molar-refractivity contribution is 5.87. The Morgan fingerprint density at radius 2 is 2.08 bits per heavy atom. The zero-order valence-electron chi connectivity index (χ0n) is 6.19. The van der Waals surface area contributed by atoms with Crippen LogP contribution < -0.4 is 10.7 Å². The molecule has 1 aromatic carbocycles. The molecule has 0 radical (unpaired) electrons. The fourth-order valence-corrected chi connectivity index (χ4v) is 1.10. The minimum Gasteiger partial charge on any atom is -0.478 e. The Bertz CT molecular complexity index is 451. The summed E-state index contributed by atoms with van der Waals surface area (Å²) >= 11 is 0. The van der Waals surface area contributed by atoms with Crippen molar-refractivity contribution in [3.63, 3.8) is 0 Å². The summed E-state index contributed by atoms with van der Waals surface area (Å²) in [6.07, 6.45) is 0. The summed E-state index contributed by atoms with van der Waals surface area (Å²) in [7, 11) is 0. The van der Waals surface area contributed by atoms with E-state index < -0.39 is 5.97 Å². The maximum Gasteiger partial charge on any atom is 0.335 e. The van der Waals surface area contributed by atoms with Crippen LogP contribution in [0, 0.1) is 0 Å². The topological polar surface area (TPSA) is 62.0 Å². The maximum absolute atomic E-state index is 10.5. The highest BCUT2D eigenvalue weighted by atomic mass is 16.4. The molecular weight excluding hydrogens is 156 g/mol. The van der Waals surface area contributed by atoms with Crippen LogP contribution in [-0.4, -0.2) is 17.7 Å². The number of rotatable bonds is 1. The van der Waals surface area contributed by atoms with E-state index in [1.807, 2.05) is 0 Å². The third kappa shape index (κ3) is 0.972. The summed E-state index contributed by atoms with van der Waals surface area (Å²) < 4.78 is 0. The van der Waals surface area contributed by atoms with Crippen molar-refractivity contribution in [1.29, 1.82) is 0 Å². The molecule has 0 amide bonds. The van der Waals surface area contributed by atoms with Crippen molar-refractivity contribution in [2.24, 2.45) is 9.98 Å². The average Bonchev–Trinajstić information content (AvgIpc) is 2.49. The van der Waals surface area contributed by atoms with E-state index in [0.717, 1.165) is 5.36 Å². The van der Waals surface area contributed by atoms with Crippen LogP contribution in [0.2, 0.25) is 0 Å². The van der Waals surface area contributed by atoms with E-state index in [4.69, 9.17) is 5.11 Å². The van der Waals surface area contributed by atoms with Gasteiger partial charge in [-0.15, -0.1) is 0 Å². The number of benzene rings is 1. The van der Waals surface area contributed by atoms with Gasteiger partial charge in [-0.25, -0.2) is 4.79 Å². The monoisotopic (exact) mass is 162 g/mol. The molecule has 0 saturated heterocycles. The van der Waals surface area contributed by atoms with Crippen molar-refractivity contribution in [1.82, 2.24) is 0 Å². The first-order valence-corrected chi connectivity index (χ1v) is 3.50. The van der Waals surface area contributed by atoms with Crippen molar-refractivity contribution < 1.29 is 9.90 Å². The second kappa shape index (κ2) is 2.41. The molecule has 4 heteroatoms. The van der Waals surface area contributed by atoms with Gasteiger partial charge in [0.25, 0.3) is 0 Å². The summed E-state index contributed by atoms with van der Waals surface area (Å²) in [5.74, 6) is -0.931. The molecule has 4 nitrogen and oxygen atoms in total. The second-order valence-electron chi connectivity index (χ2n) is 2.47. The third-order valence-corrected chi connectivity index (χ3v) is 1.70. The average molecular weight is 162 g/mol. The van der Waals surface area contributed by atoms with Crippen molar-refractivity contribution in [2.45, 2.75) is 0 Å². The molecule has 0 bridgehead atoms. The lowest BCUT2D eigenvalue weighted by Gasteiger charge is -1.89. The molecule has 0 atom stereocenters. The highest BCUT2D eigenvalue weighted by Crippen LogP contribution is 1.92. The molecule has 1 N–H and O–H groups in total. The quantitative estimate of drug-likeness (QED) is 0.610. The number of aromatic carboxylic acids is 1. The van der Waals surface area contributed by atoms with E-state index in [1.165, 1.54) is 12.1 Å². The van der Waals surface area contributed by atoms with E-state index in [2.05, 4.69) is 9.98 Å². The first kappa shape index (κ1) is 6.97. The predicted molar refractivity (Wildman–Crippen MR) is 40.6 cm³/mol. The van der Waals surface area contributed by atoms with Gasteiger partial charge in [0.15, 0.2) is 0 Å². The Labute approximate surface area is 67.9 Å². The molecule has 60 valence electrons. The van der Waals surface area contributed by atoms with Gasteiger partial charge in [0.2, 0.25) is 0 Å². The molecule has 1 aromatic rings. The van der Waals surface area contributed by atoms with Crippen molar-refractivity contribution in [3.8, 4) is 0 Å². The summed E-state index contributed by atoms with van der Waals surface area (Å²) in [5, 5.41) is 10.1. The Balaban J connectivity index is 2.69. The number of carboxylic acid groups (broad SMARTS) is 1. The summed E-state index contributed by atoms with van der Waals surface area (Å²) in [6, 6.07) is 4.74. The smallest absolute Gasteiger partial charge is 0.335 e. The molecule has 0 saturated carbocycles. The van der Waals surface area contributed by atoms with E-state index in [-0.39, 0.29) is 5.56 Å². The predicted octanol–water partition coefficient (Wildman–Crippen LogP) is -0.405. The van der Waals surface area contributed by atoms with Crippen LogP contribution in [-0.2, 0) is 0 Å². The standard InChI is InChI=1S/C8H6N2O2/c11-8(12)5-1-2-6-7(3-5)10-4-9-6/h1-3H,4H2,(H,11,12). The van der Waals surface area contributed by atoms with Crippen LogP contribution in [0.15, 0.2) is 28.2 Å². The van der Waals surface area contributed by atoms with Crippen LogP contribution in [0.25, 0.3) is 0 Å². The van der Waals surface area contributed by atoms with Gasteiger partial charge < -0.3 is 5.11 Å². The molecule has 1 aliphatic heterocycles. The van der Waals surface area contributed by atoms with E-state index in [0.29, 0.717) is 12.0 Å². The van der Waals surface area contributed by atoms with Crippen LogP contribution in [0.3, 0.4) is 0 Å². The highest BCUT2D eigenvalue weighted by Gasteiger charge is 2.03. The number of fused-ring (bicyclic) bond motifs is 1. The second-order valence-corrected chi connectivity index (χ2v) is 2.47. The fourth-order valence-electron chi connectivity index (χ4n) is 1.10. The molecule has 0 fully saturated rings. The molecule has 0 aliphatic carbocycles. The number of nitrogens with zero attached hydrogens (tertiary/aromatic N) is 2. The SMILES string of the molecule is O=C(O)c1ccc2c(c1)=NCN=2.